The number of hydrogen-bond donors (Lipinski definition) is 1. The first-order valence-electron chi connectivity index (χ1n) is 5.56. The maximum atomic E-state index is 5.75. The molecule has 1 atom stereocenters. The molecule has 1 aromatic rings. The molecule has 1 fully saturated rings. The third-order valence-electron chi connectivity index (χ3n) is 2.76. The molecule has 16 heavy (non-hydrogen) atoms. The van der Waals surface area contributed by atoms with Crippen LogP contribution in [-0.4, -0.2) is 29.7 Å². The molecule has 1 N–H and O–H groups in total. The van der Waals surface area contributed by atoms with Crippen LogP contribution in [0.25, 0.3) is 0 Å². The van der Waals surface area contributed by atoms with Crippen molar-refractivity contribution in [3.8, 4) is 0 Å². The van der Waals surface area contributed by atoms with E-state index >= 15 is 0 Å². The Kier molecular flexibility index (Phi) is 3.96. The molecular weight excluding hydrogens is 226 g/mol. The second kappa shape index (κ2) is 5.46. The largest absolute Gasteiger partial charge is 0.381 e. The lowest BCUT2D eigenvalue weighted by atomic mass is 10.0. The lowest BCUT2D eigenvalue weighted by molar-refractivity contribution is 0.0595. The fourth-order valence-corrected chi connectivity index (χ4v) is 1.94. The van der Waals surface area contributed by atoms with Crippen LogP contribution < -0.4 is 5.32 Å². The van der Waals surface area contributed by atoms with E-state index in [2.05, 4.69) is 15.3 Å². The summed E-state index contributed by atoms with van der Waals surface area (Å²) in [6, 6.07) is 0. The predicted octanol–water partition coefficient (Wildman–Crippen LogP) is 2.28. The minimum absolute atomic E-state index is 0.285. The number of hydrogen-bond acceptors (Lipinski definition) is 4. The Hall–Kier alpha value is -0.870. The van der Waals surface area contributed by atoms with Crippen molar-refractivity contribution in [3.05, 3.63) is 17.0 Å². The highest BCUT2D eigenvalue weighted by Crippen LogP contribution is 2.17. The minimum atomic E-state index is 0.285. The van der Waals surface area contributed by atoms with Gasteiger partial charge in [0.25, 0.3) is 0 Å². The quantitative estimate of drug-likeness (QED) is 0.825. The van der Waals surface area contributed by atoms with E-state index in [-0.39, 0.29) is 5.28 Å². The van der Waals surface area contributed by atoms with Gasteiger partial charge in [0.15, 0.2) is 0 Å². The standard InChI is InChI=1S/C11H16ClN3O/c1-8-5-14-11(12)15-10(8)13-6-9-3-2-4-16-7-9/h5,9H,2-4,6-7H2,1H3,(H,13,14,15). The highest BCUT2D eigenvalue weighted by atomic mass is 35.5. The molecule has 0 bridgehead atoms. The van der Waals surface area contributed by atoms with Crippen LogP contribution in [0, 0.1) is 12.8 Å². The van der Waals surface area contributed by atoms with E-state index in [0.29, 0.717) is 5.92 Å². The van der Waals surface area contributed by atoms with Gasteiger partial charge in [0.05, 0.1) is 6.61 Å². The molecule has 2 heterocycles. The molecular formula is C11H16ClN3O. The number of rotatable bonds is 3. The topological polar surface area (TPSA) is 47.0 Å². The average Bonchev–Trinajstić information content (AvgIpc) is 2.32. The average molecular weight is 242 g/mol. The van der Waals surface area contributed by atoms with Gasteiger partial charge in [-0.15, -0.1) is 0 Å². The maximum Gasteiger partial charge on any atom is 0.224 e. The van der Waals surface area contributed by atoms with Crippen LogP contribution >= 0.6 is 11.6 Å². The normalized spacial score (nSPS) is 20.8. The monoisotopic (exact) mass is 241 g/mol. The maximum absolute atomic E-state index is 5.75. The Morgan fingerprint density at radius 1 is 1.62 bits per heavy atom. The van der Waals surface area contributed by atoms with Crippen molar-refractivity contribution in [2.24, 2.45) is 5.92 Å². The molecule has 1 unspecified atom stereocenters. The summed E-state index contributed by atoms with van der Waals surface area (Å²) in [7, 11) is 0. The lowest BCUT2D eigenvalue weighted by Crippen LogP contribution is -2.24. The van der Waals surface area contributed by atoms with Crippen molar-refractivity contribution in [1.29, 1.82) is 0 Å². The highest BCUT2D eigenvalue weighted by molar-refractivity contribution is 6.28. The zero-order chi connectivity index (χ0) is 11.4. The summed E-state index contributed by atoms with van der Waals surface area (Å²) in [4.78, 5) is 8.08. The molecule has 0 aliphatic carbocycles. The number of aromatic nitrogens is 2. The third-order valence-corrected chi connectivity index (χ3v) is 2.94. The van der Waals surface area contributed by atoms with E-state index in [4.69, 9.17) is 16.3 Å². The van der Waals surface area contributed by atoms with E-state index in [1.807, 2.05) is 6.92 Å². The number of halogens is 1. The SMILES string of the molecule is Cc1cnc(Cl)nc1NCC1CCCOC1. The van der Waals surface area contributed by atoms with E-state index in [1.54, 1.807) is 6.20 Å². The van der Waals surface area contributed by atoms with Crippen molar-refractivity contribution in [2.45, 2.75) is 19.8 Å². The molecule has 0 radical (unpaired) electrons. The number of aryl methyl sites for hydroxylation is 1. The van der Waals surface area contributed by atoms with Gasteiger partial charge in [-0.25, -0.2) is 9.97 Å². The van der Waals surface area contributed by atoms with Crippen molar-refractivity contribution in [2.75, 3.05) is 25.1 Å². The van der Waals surface area contributed by atoms with Gasteiger partial charge in [-0.1, -0.05) is 0 Å². The Labute approximate surface area is 100 Å². The molecule has 0 saturated carbocycles. The van der Waals surface area contributed by atoms with Crippen LogP contribution in [0.1, 0.15) is 18.4 Å². The van der Waals surface area contributed by atoms with E-state index in [1.165, 1.54) is 6.42 Å². The second-order valence-electron chi connectivity index (χ2n) is 4.13. The van der Waals surface area contributed by atoms with Gasteiger partial charge in [-0.3, -0.25) is 0 Å². The predicted molar refractivity (Wildman–Crippen MR) is 63.8 cm³/mol. The minimum Gasteiger partial charge on any atom is -0.381 e. The van der Waals surface area contributed by atoms with Crippen molar-refractivity contribution >= 4 is 17.4 Å². The van der Waals surface area contributed by atoms with Gasteiger partial charge in [0.1, 0.15) is 5.82 Å². The zero-order valence-electron chi connectivity index (χ0n) is 9.37. The fourth-order valence-electron chi connectivity index (χ4n) is 1.81. The molecule has 5 heteroatoms. The Bertz CT molecular complexity index is 353. The molecule has 88 valence electrons. The third kappa shape index (κ3) is 3.06. The van der Waals surface area contributed by atoms with Crippen molar-refractivity contribution in [3.63, 3.8) is 0 Å². The van der Waals surface area contributed by atoms with Gasteiger partial charge in [-0.05, 0) is 37.3 Å². The molecule has 1 aliphatic rings. The van der Waals surface area contributed by atoms with Crippen LogP contribution in [0.4, 0.5) is 5.82 Å². The summed E-state index contributed by atoms with van der Waals surface area (Å²) in [5.41, 5.74) is 1.01. The van der Waals surface area contributed by atoms with Crippen molar-refractivity contribution in [1.82, 2.24) is 9.97 Å². The van der Waals surface area contributed by atoms with Crippen LogP contribution in [0.5, 0.6) is 0 Å². The molecule has 0 amide bonds. The van der Waals surface area contributed by atoms with Gasteiger partial charge in [0.2, 0.25) is 5.28 Å². The second-order valence-corrected chi connectivity index (χ2v) is 4.47. The van der Waals surface area contributed by atoms with E-state index in [9.17, 15) is 0 Å². The first kappa shape index (κ1) is 11.6. The fraction of sp³-hybridized carbons (Fsp3) is 0.636. The first-order valence-corrected chi connectivity index (χ1v) is 5.94. The highest BCUT2D eigenvalue weighted by Gasteiger charge is 2.14. The van der Waals surface area contributed by atoms with Crippen LogP contribution in [0.2, 0.25) is 5.28 Å². The summed E-state index contributed by atoms with van der Waals surface area (Å²) < 4.78 is 5.43. The molecule has 0 spiro atoms. The summed E-state index contributed by atoms with van der Waals surface area (Å²) in [6.07, 6.45) is 4.09. The van der Waals surface area contributed by atoms with E-state index < -0.39 is 0 Å². The van der Waals surface area contributed by atoms with Crippen LogP contribution in [-0.2, 0) is 4.74 Å². The summed E-state index contributed by atoms with van der Waals surface area (Å²) in [5, 5.41) is 3.59. The molecule has 0 aromatic carbocycles. The van der Waals surface area contributed by atoms with Crippen LogP contribution in [0.15, 0.2) is 6.20 Å². The Morgan fingerprint density at radius 3 is 3.25 bits per heavy atom. The number of nitrogens with zero attached hydrogens (tertiary/aromatic N) is 2. The van der Waals surface area contributed by atoms with E-state index in [0.717, 1.165) is 37.6 Å². The summed E-state index contributed by atoms with van der Waals surface area (Å²) >= 11 is 5.75. The lowest BCUT2D eigenvalue weighted by Gasteiger charge is -2.22. The molecule has 1 saturated heterocycles. The summed E-state index contributed by atoms with van der Waals surface area (Å²) in [6.45, 7) is 4.59. The summed E-state index contributed by atoms with van der Waals surface area (Å²) in [5.74, 6) is 1.40. The molecule has 1 aromatic heterocycles. The van der Waals surface area contributed by atoms with Crippen LogP contribution in [0.3, 0.4) is 0 Å². The van der Waals surface area contributed by atoms with Gasteiger partial charge < -0.3 is 10.1 Å². The molecule has 2 rings (SSSR count). The van der Waals surface area contributed by atoms with Gasteiger partial charge in [-0.2, -0.15) is 0 Å². The Morgan fingerprint density at radius 2 is 2.50 bits per heavy atom. The molecule has 4 nitrogen and oxygen atoms in total. The Balaban J connectivity index is 1.90. The first-order chi connectivity index (χ1) is 7.75. The number of anilines is 1. The smallest absolute Gasteiger partial charge is 0.224 e. The van der Waals surface area contributed by atoms with Crippen molar-refractivity contribution < 1.29 is 4.74 Å². The zero-order valence-corrected chi connectivity index (χ0v) is 10.1. The number of nitrogens with one attached hydrogen (secondary N) is 1. The van der Waals surface area contributed by atoms with Gasteiger partial charge in [0, 0.05) is 24.9 Å². The number of ether oxygens (including phenoxy) is 1. The van der Waals surface area contributed by atoms with Gasteiger partial charge >= 0.3 is 0 Å². The molecule has 1 aliphatic heterocycles.